The maximum atomic E-state index is 12.5. The van der Waals surface area contributed by atoms with Crippen LogP contribution in [0.2, 0.25) is 0 Å². The molecule has 7 heteroatoms. The Labute approximate surface area is 154 Å². The van der Waals surface area contributed by atoms with Crippen molar-refractivity contribution in [2.75, 3.05) is 0 Å². The van der Waals surface area contributed by atoms with Gasteiger partial charge in [0, 0.05) is 30.1 Å². The fourth-order valence-corrected chi connectivity index (χ4v) is 3.97. The minimum Gasteiger partial charge on any atom is -0.348 e. The molecule has 1 aliphatic rings. The number of aryl methyl sites for hydroxylation is 2. The molecule has 132 valence electrons. The highest BCUT2D eigenvalue weighted by molar-refractivity contribution is 7.13. The van der Waals surface area contributed by atoms with Crippen LogP contribution in [0.4, 0.5) is 0 Å². The van der Waals surface area contributed by atoms with Gasteiger partial charge in [-0.15, -0.1) is 11.3 Å². The van der Waals surface area contributed by atoms with Gasteiger partial charge in [0.05, 0.1) is 5.69 Å². The third-order valence-electron chi connectivity index (χ3n) is 4.55. The maximum Gasteiger partial charge on any atom is 0.271 e. The van der Waals surface area contributed by atoms with Crippen LogP contribution in [-0.2, 0) is 19.9 Å². The molecular weight excluding hydrogens is 348 g/mol. The first kappa shape index (κ1) is 16.7. The van der Waals surface area contributed by atoms with E-state index in [1.807, 2.05) is 30.3 Å². The first-order valence-corrected chi connectivity index (χ1v) is 9.36. The number of hydrogen-bond donors (Lipinski definition) is 1. The predicted molar refractivity (Wildman–Crippen MR) is 100 cm³/mol. The van der Waals surface area contributed by atoms with Crippen LogP contribution in [-0.4, -0.2) is 26.7 Å². The number of aromatic nitrogens is 3. The molecule has 0 spiro atoms. The van der Waals surface area contributed by atoms with Gasteiger partial charge in [-0.25, -0.2) is 9.67 Å². The van der Waals surface area contributed by atoms with Crippen molar-refractivity contribution in [1.29, 1.82) is 0 Å². The molecule has 1 aliphatic carbocycles. The molecule has 0 unspecified atom stereocenters. The minimum absolute atomic E-state index is 0.00854. The lowest BCUT2D eigenvalue weighted by Gasteiger charge is -2.24. The summed E-state index contributed by atoms with van der Waals surface area (Å²) < 4.78 is 1.36. The molecule has 0 aliphatic heterocycles. The molecule has 0 saturated heterocycles. The molecule has 1 amide bonds. The second-order valence-electron chi connectivity index (χ2n) is 6.40. The van der Waals surface area contributed by atoms with Gasteiger partial charge in [0.25, 0.3) is 11.5 Å². The SMILES string of the molecule is Cn1nc2c(cc1=O)C[C@H](NC(=O)c1csc(-c3ccccc3)n1)CC2. The summed E-state index contributed by atoms with van der Waals surface area (Å²) in [7, 11) is 1.66. The van der Waals surface area contributed by atoms with Gasteiger partial charge in [-0.2, -0.15) is 5.10 Å². The van der Waals surface area contributed by atoms with Crippen molar-refractivity contribution in [3.8, 4) is 10.6 Å². The largest absolute Gasteiger partial charge is 0.348 e. The highest BCUT2D eigenvalue weighted by Gasteiger charge is 2.23. The molecule has 4 rings (SSSR count). The Bertz CT molecular complexity index is 1010. The smallest absolute Gasteiger partial charge is 0.271 e. The van der Waals surface area contributed by atoms with E-state index in [0.29, 0.717) is 12.1 Å². The van der Waals surface area contributed by atoms with Gasteiger partial charge in [-0.3, -0.25) is 9.59 Å². The van der Waals surface area contributed by atoms with E-state index in [4.69, 9.17) is 0 Å². The summed E-state index contributed by atoms with van der Waals surface area (Å²) in [6, 6.07) is 11.4. The van der Waals surface area contributed by atoms with Crippen LogP contribution in [0.5, 0.6) is 0 Å². The molecule has 2 aromatic heterocycles. The normalized spacial score (nSPS) is 16.1. The van der Waals surface area contributed by atoms with Crippen molar-refractivity contribution in [3.63, 3.8) is 0 Å². The van der Waals surface area contributed by atoms with Crippen LogP contribution < -0.4 is 10.9 Å². The van der Waals surface area contributed by atoms with Crippen molar-refractivity contribution in [1.82, 2.24) is 20.1 Å². The number of benzene rings is 1. The Kier molecular flexibility index (Phi) is 4.38. The van der Waals surface area contributed by atoms with Crippen LogP contribution in [0.25, 0.3) is 10.6 Å². The molecule has 6 nitrogen and oxygen atoms in total. The van der Waals surface area contributed by atoms with Crippen molar-refractivity contribution in [3.05, 3.63) is 69.1 Å². The monoisotopic (exact) mass is 366 g/mol. The van der Waals surface area contributed by atoms with Crippen LogP contribution in [0.15, 0.2) is 46.6 Å². The standard InChI is InChI=1S/C19H18N4O2S/c1-23-17(24)10-13-9-14(7-8-15(13)22-23)20-18(25)16-11-26-19(21-16)12-5-3-2-4-6-12/h2-6,10-11,14H,7-9H2,1H3,(H,20,25)/t14-/m1/s1. The van der Waals surface area contributed by atoms with Crippen LogP contribution in [0.1, 0.15) is 28.2 Å². The number of fused-ring (bicyclic) bond motifs is 1. The molecule has 0 fully saturated rings. The average molecular weight is 366 g/mol. The van der Waals surface area contributed by atoms with Gasteiger partial charge >= 0.3 is 0 Å². The van der Waals surface area contributed by atoms with Gasteiger partial charge < -0.3 is 5.32 Å². The van der Waals surface area contributed by atoms with Crippen LogP contribution >= 0.6 is 11.3 Å². The molecule has 3 aromatic rings. The van der Waals surface area contributed by atoms with Gasteiger partial charge in [0.2, 0.25) is 0 Å². The highest BCUT2D eigenvalue weighted by Crippen LogP contribution is 2.24. The van der Waals surface area contributed by atoms with E-state index in [0.717, 1.165) is 34.7 Å². The fraction of sp³-hybridized carbons (Fsp3) is 0.263. The second-order valence-corrected chi connectivity index (χ2v) is 7.25. The maximum absolute atomic E-state index is 12.5. The number of rotatable bonds is 3. The van der Waals surface area contributed by atoms with Gasteiger partial charge in [0.1, 0.15) is 10.7 Å². The van der Waals surface area contributed by atoms with E-state index in [1.165, 1.54) is 16.0 Å². The molecule has 0 saturated carbocycles. The number of nitrogens with one attached hydrogen (secondary N) is 1. The van der Waals surface area contributed by atoms with Crippen molar-refractivity contribution >= 4 is 17.2 Å². The van der Waals surface area contributed by atoms with Crippen molar-refractivity contribution < 1.29 is 4.79 Å². The average Bonchev–Trinajstić information content (AvgIpc) is 3.14. The van der Waals surface area contributed by atoms with Gasteiger partial charge in [0.15, 0.2) is 0 Å². The number of carbonyl (C=O) groups excluding carboxylic acids is 1. The third-order valence-corrected chi connectivity index (χ3v) is 5.44. The summed E-state index contributed by atoms with van der Waals surface area (Å²) in [5.41, 5.74) is 3.18. The Morgan fingerprint density at radius 1 is 1.31 bits per heavy atom. The quantitative estimate of drug-likeness (QED) is 0.771. The summed E-state index contributed by atoms with van der Waals surface area (Å²) in [6.07, 6.45) is 2.18. The third kappa shape index (κ3) is 3.30. The first-order chi connectivity index (χ1) is 12.6. The molecule has 26 heavy (non-hydrogen) atoms. The second kappa shape index (κ2) is 6.84. The Hall–Kier alpha value is -2.80. The molecule has 2 heterocycles. The summed E-state index contributed by atoms with van der Waals surface area (Å²) in [5.74, 6) is -0.173. The van der Waals surface area contributed by atoms with Crippen LogP contribution in [0, 0.1) is 0 Å². The Morgan fingerprint density at radius 3 is 2.92 bits per heavy atom. The lowest BCUT2D eigenvalue weighted by molar-refractivity contribution is 0.0929. The molecule has 1 aromatic carbocycles. The number of carbonyl (C=O) groups is 1. The van der Waals surface area contributed by atoms with E-state index < -0.39 is 0 Å². The topological polar surface area (TPSA) is 76.9 Å². The Balaban J connectivity index is 1.46. The van der Waals surface area contributed by atoms with Crippen LogP contribution in [0.3, 0.4) is 0 Å². The number of hydrogen-bond acceptors (Lipinski definition) is 5. The zero-order valence-corrected chi connectivity index (χ0v) is 15.1. The summed E-state index contributed by atoms with van der Waals surface area (Å²) in [6.45, 7) is 0. The molecule has 0 bridgehead atoms. The predicted octanol–water partition coefficient (Wildman–Crippen LogP) is 2.19. The van der Waals surface area contributed by atoms with E-state index >= 15 is 0 Å². The van der Waals surface area contributed by atoms with Gasteiger partial charge in [-0.05, 0) is 24.8 Å². The molecule has 1 atom stereocenters. The number of amides is 1. The van der Waals surface area contributed by atoms with E-state index in [1.54, 1.807) is 18.5 Å². The fourth-order valence-electron chi connectivity index (χ4n) is 3.16. The lowest BCUT2D eigenvalue weighted by Crippen LogP contribution is -2.40. The number of thiazole rings is 1. The van der Waals surface area contributed by atoms with E-state index in [-0.39, 0.29) is 17.5 Å². The zero-order chi connectivity index (χ0) is 18.1. The summed E-state index contributed by atoms with van der Waals surface area (Å²) in [4.78, 5) is 28.8. The molecule has 1 N–H and O–H groups in total. The zero-order valence-electron chi connectivity index (χ0n) is 14.3. The first-order valence-electron chi connectivity index (χ1n) is 8.48. The number of nitrogens with zero attached hydrogens (tertiary/aromatic N) is 3. The molecular formula is C19H18N4O2S. The van der Waals surface area contributed by atoms with E-state index in [9.17, 15) is 9.59 Å². The van der Waals surface area contributed by atoms with Gasteiger partial charge in [-0.1, -0.05) is 30.3 Å². The van der Waals surface area contributed by atoms with E-state index in [2.05, 4.69) is 15.4 Å². The summed E-state index contributed by atoms with van der Waals surface area (Å²) >= 11 is 1.46. The summed E-state index contributed by atoms with van der Waals surface area (Å²) in [5, 5.41) is 9.96. The van der Waals surface area contributed by atoms with Crippen molar-refractivity contribution in [2.45, 2.75) is 25.3 Å². The minimum atomic E-state index is -0.173. The van der Waals surface area contributed by atoms with Crippen molar-refractivity contribution in [2.24, 2.45) is 7.05 Å². The highest BCUT2D eigenvalue weighted by atomic mass is 32.1. The lowest BCUT2D eigenvalue weighted by atomic mass is 9.92. The Morgan fingerprint density at radius 2 is 2.12 bits per heavy atom. The molecule has 0 radical (unpaired) electrons.